The third kappa shape index (κ3) is 3.66. The zero-order chi connectivity index (χ0) is 20.3. The van der Waals surface area contributed by atoms with E-state index in [-0.39, 0.29) is 12.5 Å². The van der Waals surface area contributed by atoms with Crippen LogP contribution in [0.15, 0.2) is 66.7 Å². The number of hydrogen-bond donors (Lipinski definition) is 0. The van der Waals surface area contributed by atoms with E-state index in [9.17, 15) is 4.79 Å². The third-order valence-corrected chi connectivity index (χ3v) is 5.42. The van der Waals surface area contributed by atoms with E-state index < -0.39 is 6.10 Å². The number of benzene rings is 2. The van der Waals surface area contributed by atoms with E-state index in [4.69, 9.17) is 9.47 Å². The lowest BCUT2D eigenvalue weighted by Gasteiger charge is -2.37. The topological polar surface area (TPSA) is 67.8 Å². The van der Waals surface area contributed by atoms with Crippen molar-refractivity contribution in [1.29, 1.82) is 0 Å². The average Bonchev–Trinajstić information content (AvgIpc) is 2.84. The second-order valence-electron chi connectivity index (χ2n) is 7.32. The molecule has 5 rings (SSSR count). The standard InChI is InChI=1S/C23H22N4O3/c28-23(21-16-29-19-8-4-5-9-20(19)30-21)27-14-12-26(13-15-27)22-11-10-18(24-25-22)17-6-2-1-3-7-17/h1-11,21H,12-16H2. The van der Waals surface area contributed by atoms with Gasteiger partial charge in [-0.3, -0.25) is 4.79 Å². The summed E-state index contributed by atoms with van der Waals surface area (Å²) < 4.78 is 11.5. The molecule has 0 radical (unpaired) electrons. The summed E-state index contributed by atoms with van der Waals surface area (Å²) in [5, 5.41) is 8.76. The number of hydrogen-bond acceptors (Lipinski definition) is 6. The Kier molecular flexibility index (Phi) is 4.93. The van der Waals surface area contributed by atoms with E-state index in [1.807, 2.05) is 71.6 Å². The van der Waals surface area contributed by atoms with E-state index in [0.29, 0.717) is 37.7 Å². The Labute approximate surface area is 174 Å². The van der Waals surface area contributed by atoms with E-state index in [2.05, 4.69) is 15.1 Å². The summed E-state index contributed by atoms with van der Waals surface area (Å²) in [4.78, 5) is 16.9. The van der Waals surface area contributed by atoms with E-state index in [1.165, 1.54) is 0 Å². The monoisotopic (exact) mass is 402 g/mol. The number of amides is 1. The van der Waals surface area contributed by atoms with Crippen LogP contribution in [0.2, 0.25) is 0 Å². The maximum absolute atomic E-state index is 12.9. The number of rotatable bonds is 3. The molecule has 1 saturated heterocycles. The SMILES string of the molecule is O=C(C1COc2ccccc2O1)N1CCN(c2ccc(-c3ccccc3)nn2)CC1. The van der Waals surface area contributed by atoms with Crippen molar-refractivity contribution in [1.82, 2.24) is 15.1 Å². The minimum absolute atomic E-state index is 0.0327. The van der Waals surface area contributed by atoms with Crippen LogP contribution in [0.3, 0.4) is 0 Å². The Morgan fingerprint density at radius 3 is 2.30 bits per heavy atom. The molecule has 2 aliphatic rings. The first-order chi connectivity index (χ1) is 14.8. The predicted molar refractivity (Wildman–Crippen MR) is 113 cm³/mol. The van der Waals surface area contributed by atoms with Gasteiger partial charge in [-0.2, -0.15) is 0 Å². The van der Waals surface area contributed by atoms with Crippen LogP contribution in [0.25, 0.3) is 11.3 Å². The first-order valence-corrected chi connectivity index (χ1v) is 10.1. The van der Waals surface area contributed by atoms with Gasteiger partial charge in [0.25, 0.3) is 5.91 Å². The van der Waals surface area contributed by atoms with Crippen molar-refractivity contribution in [2.75, 3.05) is 37.7 Å². The number of piperazine rings is 1. The van der Waals surface area contributed by atoms with Crippen molar-refractivity contribution in [3.05, 3.63) is 66.7 Å². The fraction of sp³-hybridized carbons (Fsp3) is 0.261. The molecule has 1 unspecified atom stereocenters. The van der Waals surface area contributed by atoms with Crippen molar-refractivity contribution in [2.24, 2.45) is 0 Å². The summed E-state index contributed by atoms with van der Waals surface area (Å²) in [5.74, 6) is 2.10. The number of ether oxygens (including phenoxy) is 2. The number of para-hydroxylation sites is 2. The van der Waals surface area contributed by atoms with Gasteiger partial charge in [0.05, 0.1) is 5.69 Å². The van der Waals surface area contributed by atoms with Crippen LogP contribution in [0.5, 0.6) is 11.5 Å². The van der Waals surface area contributed by atoms with Gasteiger partial charge in [-0.15, -0.1) is 10.2 Å². The lowest BCUT2D eigenvalue weighted by molar-refractivity contribution is -0.141. The van der Waals surface area contributed by atoms with Crippen molar-refractivity contribution in [2.45, 2.75) is 6.10 Å². The second kappa shape index (κ2) is 8.02. The zero-order valence-electron chi connectivity index (χ0n) is 16.5. The number of nitrogens with zero attached hydrogens (tertiary/aromatic N) is 4. The van der Waals surface area contributed by atoms with E-state index >= 15 is 0 Å². The van der Waals surface area contributed by atoms with Gasteiger partial charge in [0.1, 0.15) is 6.61 Å². The van der Waals surface area contributed by atoms with Crippen LogP contribution in [0.1, 0.15) is 0 Å². The van der Waals surface area contributed by atoms with E-state index in [0.717, 1.165) is 17.1 Å². The maximum Gasteiger partial charge on any atom is 0.267 e. The van der Waals surface area contributed by atoms with E-state index in [1.54, 1.807) is 0 Å². The van der Waals surface area contributed by atoms with Gasteiger partial charge >= 0.3 is 0 Å². The summed E-state index contributed by atoms with van der Waals surface area (Å²) in [6.45, 7) is 2.87. The Bertz CT molecular complexity index is 1020. The van der Waals surface area contributed by atoms with Gasteiger partial charge in [0.15, 0.2) is 17.3 Å². The molecule has 1 amide bonds. The number of carbonyl (C=O) groups excluding carboxylic acids is 1. The molecule has 7 heteroatoms. The van der Waals surface area contributed by atoms with Crippen LogP contribution >= 0.6 is 0 Å². The molecule has 7 nitrogen and oxygen atoms in total. The fourth-order valence-corrected chi connectivity index (χ4v) is 3.76. The quantitative estimate of drug-likeness (QED) is 0.671. The molecule has 152 valence electrons. The van der Waals surface area contributed by atoms with Gasteiger partial charge in [-0.1, -0.05) is 42.5 Å². The molecule has 0 bridgehead atoms. The predicted octanol–water partition coefficient (Wildman–Crippen LogP) is 2.63. The maximum atomic E-state index is 12.9. The third-order valence-electron chi connectivity index (χ3n) is 5.42. The van der Waals surface area contributed by atoms with Gasteiger partial charge in [0.2, 0.25) is 6.10 Å². The zero-order valence-corrected chi connectivity index (χ0v) is 16.5. The number of aromatic nitrogens is 2. The van der Waals surface area contributed by atoms with Crippen LogP contribution in [0.4, 0.5) is 5.82 Å². The molecule has 0 saturated carbocycles. The highest BCUT2D eigenvalue weighted by atomic mass is 16.6. The molecule has 0 spiro atoms. The molecule has 3 aromatic rings. The summed E-state index contributed by atoms with van der Waals surface area (Å²) in [6.07, 6.45) is -0.601. The van der Waals surface area contributed by atoms with Crippen LogP contribution < -0.4 is 14.4 Å². The Balaban J connectivity index is 1.19. The molecule has 1 aromatic heterocycles. The smallest absolute Gasteiger partial charge is 0.267 e. The van der Waals surface area contributed by atoms with Gasteiger partial charge in [-0.05, 0) is 24.3 Å². The lowest BCUT2D eigenvalue weighted by Crippen LogP contribution is -2.54. The molecule has 0 aliphatic carbocycles. The first-order valence-electron chi connectivity index (χ1n) is 10.1. The van der Waals surface area contributed by atoms with Gasteiger partial charge in [0, 0.05) is 31.7 Å². The minimum atomic E-state index is -0.601. The number of carbonyl (C=O) groups is 1. The summed E-state index contributed by atoms with van der Waals surface area (Å²) >= 11 is 0. The molecular weight excluding hydrogens is 380 g/mol. The normalized spacial score (nSPS) is 18.2. The van der Waals surface area contributed by atoms with Crippen LogP contribution in [0, 0.1) is 0 Å². The minimum Gasteiger partial charge on any atom is -0.485 e. The summed E-state index contributed by atoms with van der Waals surface area (Å²) in [5.41, 5.74) is 1.89. The fourth-order valence-electron chi connectivity index (χ4n) is 3.76. The van der Waals surface area contributed by atoms with Crippen LogP contribution in [-0.2, 0) is 4.79 Å². The van der Waals surface area contributed by atoms with Crippen molar-refractivity contribution >= 4 is 11.7 Å². The molecule has 2 aliphatic heterocycles. The summed E-state index contributed by atoms with van der Waals surface area (Å²) in [6, 6.07) is 21.4. The summed E-state index contributed by atoms with van der Waals surface area (Å²) in [7, 11) is 0. The number of anilines is 1. The molecule has 30 heavy (non-hydrogen) atoms. The van der Waals surface area contributed by atoms with Gasteiger partial charge < -0.3 is 19.3 Å². The molecule has 2 aromatic carbocycles. The molecule has 3 heterocycles. The van der Waals surface area contributed by atoms with Crippen molar-refractivity contribution < 1.29 is 14.3 Å². The second-order valence-corrected chi connectivity index (χ2v) is 7.32. The average molecular weight is 402 g/mol. The lowest BCUT2D eigenvalue weighted by atomic mass is 10.1. The Morgan fingerprint density at radius 2 is 1.57 bits per heavy atom. The highest BCUT2D eigenvalue weighted by Crippen LogP contribution is 2.31. The molecular formula is C23H22N4O3. The van der Waals surface area contributed by atoms with Crippen molar-refractivity contribution in [3.63, 3.8) is 0 Å². The van der Waals surface area contributed by atoms with Crippen molar-refractivity contribution in [3.8, 4) is 22.8 Å². The Hall–Kier alpha value is -3.61. The Morgan fingerprint density at radius 1 is 0.833 bits per heavy atom. The molecule has 1 atom stereocenters. The first kappa shape index (κ1) is 18.4. The van der Waals surface area contributed by atoms with Crippen LogP contribution in [-0.4, -0.2) is 59.9 Å². The molecule has 0 N–H and O–H groups in total. The largest absolute Gasteiger partial charge is 0.485 e. The highest BCUT2D eigenvalue weighted by molar-refractivity contribution is 5.82. The highest BCUT2D eigenvalue weighted by Gasteiger charge is 2.32. The van der Waals surface area contributed by atoms with Gasteiger partial charge in [-0.25, -0.2) is 0 Å². The molecule has 1 fully saturated rings. The number of fused-ring (bicyclic) bond motifs is 1.